The molecule has 0 saturated carbocycles. The van der Waals surface area contributed by atoms with Gasteiger partial charge in [-0.2, -0.15) is 0 Å². The maximum Gasteiger partial charge on any atom is 0.161 e. The third kappa shape index (κ3) is 3.14. The summed E-state index contributed by atoms with van der Waals surface area (Å²) in [6, 6.07) is 14.8. The first-order valence-corrected chi connectivity index (χ1v) is 10.1. The molecule has 0 aliphatic carbocycles. The van der Waals surface area contributed by atoms with Gasteiger partial charge in [-0.15, -0.1) is 0 Å². The number of fused-ring (bicyclic) bond motifs is 1. The van der Waals surface area contributed by atoms with Gasteiger partial charge in [0.25, 0.3) is 0 Å². The standard InChI is InChI=1S/C21H23FN2OS/c1-15-4-6-16(7-5-15)19(17-8-10-18(22)11-9-17)21(25)14-26-20-23-12-2-3-13-24(20)21/h4-11,19,25H,2-3,12-14H2,1H3. The zero-order valence-electron chi connectivity index (χ0n) is 14.9. The van der Waals surface area contributed by atoms with Crippen molar-refractivity contribution in [1.82, 2.24) is 4.90 Å². The highest BCUT2D eigenvalue weighted by Crippen LogP contribution is 2.45. The van der Waals surface area contributed by atoms with Gasteiger partial charge in [-0.1, -0.05) is 53.7 Å². The van der Waals surface area contributed by atoms with E-state index in [2.05, 4.69) is 41.1 Å². The minimum Gasteiger partial charge on any atom is -0.369 e. The molecule has 2 aromatic rings. The average Bonchev–Trinajstić information content (AvgIpc) is 2.82. The van der Waals surface area contributed by atoms with Crippen molar-refractivity contribution < 1.29 is 9.50 Å². The van der Waals surface area contributed by atoms with Crippen molar-refractivity contribution in [2.24, 2.45) is 4.99 Å². The molecule has 2 atom stereocenters. The number of rotatable bonds is 3. The highest BCUT2D eigenvalue weighted by Gasteiger charge is 2.50. The Bertz CT molecular complexity index is 760. The molecule has 2 heterocycles. The predicted octanol–water partition coefficient (Wildman–Crippen LogP) is 4.15. The van der Waals surface area contributed by atoms with E-state index in [1.807, 2.05) is 0 Å². The van der Waals surface area contributed by atoms with Crippen LogP contribution in [0, 0.1) is 12.7 Å². The number of halogens is 1. The summed E-state index contributed by atoms with van der Waals surface area (Å²) in [4.78, 5) is 6.73. The van der Waals surface area contributed by atoms with Gasteiger partial charge < -0.3 is 10.0 Å². The summed E-state index contributed by atoms with van der Waals surface area (Å²) in [5.41, 5.74) is 2.07. The summed E-state index contributed by atoms with van der Waals surface area (Å²) >= 11 is 1.62. The third-order valence-corrected chi connectivity index (χ3v) is 6.40. The minimum absolute atomic E-state index is 0.262. The highest BCUT2D eigenvalue weighted by atomic mass is 32.2. The van der Waals surface area contributed by atoms with Gasteiger partial charge in [0.1, 0.15) is 5.82 Å². The van der Waals surface area contributed by atoms with E-state index in [0.29, 0.717) is 5.75 Å². The van der Waals surface area contributed by atoms with Gasteiger partial charge >= 0.3 is 0 Å². The number of aryl methyl sites for hydroxylation is 1. The SMILES string of the molecule is Cc1ccc(C(c2ccc(F)cc2)C2(O)CSC3=NCCCCN32)cc1. The Labute approximate surface area is 157 Å². The lowest BCUT2D eigenvalue weighted by molar-refractivity contribution is -0.0552. The van der Waals surface area contributed by atoms with Crippen molar-refractivity contribution in [3.8, 4) is 0 Å². The first-order valence-electron chi connectivity index (χ1n) is 9.07. The Morgan fingerprint density at radius 2 is 1.73 bits per heavy atom. The molecule has 0 radical (unpaired) electrons. The molecule has 0 spiro atoms. The molecule has 3 nitrogen and oxygen atoms in total. The first kappa shape index (κ1) is 17.6. The number of nitrogens with zero attached hydrogens (tertiary/aromatic N) is 2. The Morgan fingerprint density at radius 1 is 1.08 bits per heavy atom. The average molecular weight is 370 g/mol. The van der Waals surface area contributed by atoms with Gasteiger partial charge in [-0.3, -0.25) is 4.99 Å². The summed E-state index contributed by atoms with van der Waals surface area (Å²) in [5, 5.41) is 12.8. The minimum atomic E-state index is -1.07. The Hall–Kier alpha value is -1.85. The van der Waals surface area contributed by atoms with E-state index >= 15 is 0 Å². The van der Waals surface area contributed by atoms with E-state index in [-0.39, 0.29) is 11.7 Å². The van der Waals surface area contributed by atoms with E-state index in [0.717, 1.165) is 42.2 Å². The van der Waals surface area contributed by atoms with Crippen molar-refractivity contribution in [3.05, 3.63) is 71.0 Å². The molecule has 0 amide bonds. The molecular weight excluding hydrogens is 347 g/mol. The van der Waals surface area contributed by atoms with Crippen LogP contribution in [0.15, 0.2) is 53.5 Å². The van der Waals surface area contributed by atoms with Gasteiger partial charge in [0.05, 0.1) is 5.92 Å². The second-order valence-electron chi connectivity index (χ2n) is 7.09. The molecular formula is C21H23FN2OS. The quantitative estimate of drug-likeness (QED) is 0.882. The van der Waals surface area contributed by atoms with Crippen molar-refractivity contribution in [3.63, 3.8) is 0 Å². The number of hydrogen-bond donors (Lipinski definition) is 1. The highest BCUT2D eigenvalue weighted by molar-refractivity contribution is 8.14. The fourth-order valence-electron chi connectivity index (χ4n) is 3.85. The Morgan fingerprint density at radius 3 is 2.42 bits per heavy atom. The van der Waals surface area contributed by atoms with E-state index < -0.39 is 5.72 Å². The van der Waals surface area contributed by atoms with Crippen LogP contribution in [0.4, 0.5) is 4.39 Å². The number of thioether (sulfide) groups is 1. The number of amidine groups is 1. The Kier molecular flexibility index (Phi) is 4.76. The molecule has 0 bridgehead atoms. The third-order valence-electron chi connectivity index (χ3n) is 5.23. The lowest BCUT2D eigenvalue weighted by atomic mass is 9.82. The predicted molar refractivity (Wildman–Crippen MR) is 105 cm³/mol. The molecule has 0 aromatic heterocycles. The number of benzene rings is 2. The van der Waals surface area contributed by atoms with E-state index in [1.165, 1.54) is 17.7 Å². The Balaban J connectivity index is 1.82. The van der Waals surface area contributed by atoms with E-state index in [1.54, 1.807) is 23.9 Å². The number of aliphatic hydroxyl groups is 1. The topological polar surface area (TPSA) is 35.8 Å². The normalized spacial score (nSPS) is 24.0. The smallest absolute Gasteiger partial charge is 0.161 e. The lowest BCUT2D eigenvalue weighted by Gasteiger charge is -2.40. The first-order chi connectivity index (χ1) is 12.6. The molecule has 136 valence electrons. The molecule has 26 heavy (non-hydrogen) atoms. The van der Waals surface area contributed by atoms with Crippen LogP contribution in [0.5, 0.6) is 0 Å². The van der Waals surface area contributed by atoms with Crippen molar-refractivity contribution in [1.29, 1.82) is 0 Å². The van der Waals surface area contributed by atoms with Crippen LogP contribution in [-0.2, 0) is 0 Å². The summed E-state index contributed by atoms with van der Waals surface area (Å²) < 4.78 is 13.5. The van der Waals surface area contributed by atoms with Crippen LogP contribution in [0.3, 0.4) is 0 Å². The summed E-state index contributed by atoms with van der Waals surface area (Å²) in [6.07, 6.45) is 2.06. The molecule has 1 saturated heterocycles. The van der Waals surface area contributed by atoms with E-state index in [9.17, 15) is 9.50 Å². The van der Waals surface area contributed by atoms with Crippen LogP contribution in [0.2, 0.25) is 0 Å². The molecule has 2 aromatic carbocycles. The fraction of sp³-hybridized carbons (Fsp3) is 0.381. The largest absolute Gasteiger partial charge is 0.369 e. The summed E-state index contributed by atoms with van der Waals surface area (Å²) in [5.74, 6) is 0.0325. The van der Waals surface area contributed by atoms with Gasteiger partial charge in [-0.25, -0.2) is 4.39 Å². The maximum absolute atomic E-state index is 13.5. The van der Waals surface area contributed by atoms with Gasteiger partial charge in [-0.05, 0) is 43.0 Å². The summed E-state index contributed by atoms with van der Waals surface area (Å²) in [6.45, 7) is 3.67. The van der Waals surface area contributed by atoms with Crippen LogP contribution in [0.1, 0.15) is 35.4 Å². The number of aliphatic imine (C=N–C) groups is 1. The van der Waals surface area contributed by atoms with Crippen molar-refractivity contribution in [2.45, 2.75) is 31.4 Å². The number of hydrogen-bond acceptors (Lipinski definition) is 4. The van der Waals surface area contributed by atoms with Crippen molar-refractivity contribution >= 4 is 16.9 Å². The molecule has 2 unspecified atom stereocenters. The fourth-order valence-corrected chi connectivity index (χ4v) is 5.10. The van der Waals surface area contributed by atoms with E-state index in [4.69, 9.17) is 0 Å². The summed E-state index contributed by atoms with van der Waals surface area (Å²) in [7, 11) is 0. The van der Waals surface area contributed by atoms with Gasteiger partial charge in [0.2, 0.25) is 0 Å². The molecule has 5 heteroatoms. The zero-order chi connectivity index (χ0) is 18.1. The van der Waals surface area contributed by atoms with Crippen LogP contribution in [0.25, 0.3) is 0 Å². The van der Waals surface area contributed by atoms with Crippen LogP contribution < -0.4 is 0 Å². The monoisotopic (exact) mass is 370 g/mol. The molecule has 1 N–H and O–H groups in total. The molecule has 4 rings (SSSR count). The van der Waals surface area contributed by atoms with Crippen molar-refractivity contribution in [2.75, 3.05) is 18.8 Å². The molecule has 1 fully saturated rings. The second kappa shape index (κ2) is 7.05. The van der Waals surface area contributed by atoms with Crippen LogP contribution in [-0.4, -0.2) is 39.7 Å². The van der Waals surface area contributed by atoms with Gasteiger partial charge in [0, 0.05) is 18.8 Å². The van der Waals surface area contributed by atoms with Crippen LogP contribution >= 0.6 is 11.8 Å². The second-order valence-corrected chi connectivity index (χ2v) is 8.03. The molecule has 2 aliphatic heterocycles. The zero-order valence-corrected chi connectivity index (χ0v) is 15.7. The lowest BCUT2D eigenvalue weighted by Crippen LogP contribution is -2.52. The molecule has 2 aliphatic rings. The van der Waals surface area contributed by atoms with Gasteiger partial charge in [0.15, 0.2) is 10.9 Å². The maximum atomic E-state index is 13.5.